The number of phenolic OH excluding ortho intramolecular Hbond substituents is 1. The normalized spacial score (nSPS) is 10.3. The van der Waals surface area contributed by atoms with Gasteiger partial charge in [-0.1, -0.05) is 12.1 Å². The molecular weight excluding hydrogens is 242 g/mol. The molecule has 0 aliphatic carbocycles. The number of hydrogen-bond donors (Lipinski definition) is 1. The third-order valence-electron chi connectivity index (χ3n) is 2.48. The molecule has 0 atom stereocenters. The molecule has 0 aliphatic heterocycles. The molecule has 0 fully saturated rings. The van der Waals surface area contributed by atoms with Crippen molar-refractivity contribution in [2.45, 2.75) is 0 Å². The maximum absolute atomic E-state index is 9.79. The molecular formula is C13H9N5O. The van der Waals surface area contributed by atoms with E-state index in [1.165, 1.54) is 6.33 Å². The van der Waals surface area contributed by atoms with Crippen LogP contribution in [0.3, 0.4) is 0 Å². The van der Waals surface area contributed by atoms with Gasteiger partial charge in [0.1, 0.15) is 12.1 Å². The Bertz CT molecular complexity index is 702. The molecule has 0 spiro atoms. The van der Waals surface area contributed by atoms with Crippen molar-refractivity contribution in [3.05, 3.63) is 49.1 Å². The molecule has 0 radical (unpaired) electrons. The van der Waals surface area contributed by atoms with Crippen molar-refractivity contribution in [3.8, 4) is 28.8 Å². The summed E-state index contributed by atoms with van der Waals surface area (Å²) in [4.78, 5) is 20.5. The molecule has 1 aromatic carbocycles. The lowest BCUT2D eigenvalue weighted by atomic mass is 10.2. The Kier molecular flexibility index (Phi) is 2.82. The third-order valence-corrected chi connectivity index (χ3v) is 2.48. The van der Waals surface area contributed by atoms with Gasteiger partial charge < -0.3 is 5.11 Å². The van der Waals surface area contributed by atoms with Crippen molar-refractivity contribution < 1.29 is 5.11 Å². The quantitative estimate of drug-likeness (QED) is 0.746. The smallest absolute Gasteiger partial charge is 0.201 e. The van der Waals surface area contributed by atoms with Gasteiger partial charge >= 0.3 is 0 Å². The van der Waals surface area contributed by atoms with Crippen LogP contribution in [0.1, 0.15) is 0 Å². The molecule has 92 valence electrons. The van der Waals surface area contributed by atoms with Crippen LogP contribution in [-0.4, -0.2) is 30.0 Å². The van der Waals surface area contributed by atoms with Crippen molar-refractivity contribution in [1.82, 2.24) is 24.9 Å². The van der Waals surface area contributed by atoms with Crippen LogP contribution in [0, 0.1) is 0 Å². The second-order valence-electron chi connectivity index (χ2n) is 3.72. The van der Waals surface area contributed by atoms with Crippen molar-refractivity contribution in [2.75, 3.05) is 0 Å². The van der Waals surface area contributed by atoms with Crippen molar-refractivity contribution in [3.63, 3.8) is 0 Å². The molecule has 19 heavy (non-hydrogen) atoms. The lowest BCUT2D eigenvalue weighted by Crippen LogP contribution is -1.98. The Balaban J connectivity index is 2.09. The van der Waals surface area contributed by atoms with E-state index >= 15 is 0 Å². The average Bonchev–Trinajstić information content (AvgIpc) is 2.49. The van der Waals surface area contributed by atoms with E-state index in [-0.39, 0.29) is 5.75 Å². The topological polar surface area (TPSA) is 84.7 Å². The van der Waals surface area contributed by atoms with E-state index in [9.17, 15) is 5.11 Å². The Morgan fingerprint density at radius 2 is 1.47 bits per heavy atom. The Morgan fingerprint density at radius 3 is 2.26 bits per heavy atom. The molecule has 2 aromatic heterocycles. The minimum absolute atomic E-state index is 0.119. The van der Waals surface area contributed by atoms with E-state index in [0.717, 1.165) is 0 Å². The summed E-state index contributed by atoms with van der Waals surface area (Å²) < 4.78 is 0. The molecule has 6 heteroatoms. The summed E-state index contributed by atoms with van der Waals surface area (Å²) in [6, 6.07) is 8.57. The molecule has 0 saturated heterocycles. The van der Waals surface area contributed by atoms with E-state index in [1.54, 1.807) is 42.7 Å². The SMILES string of the molecule is Oc1ccccc1-c1ncnc(-c2ncccn2)n1. The minimum atomic E-state index is 0.119. The maximum atomic E-state index is 9.79. The molecule has 3 aromatic rings. The molecule has 0 amide bonds. The largest absolute Gasteiger partial charge is 0.507 e. The zero-order valence-corrected chi connectivity index (χ0v) is 9.80. The summed E-state index contributed by atoms with van der Waals surface area (Å²) in [5.41, 5.74) is 0.544. The van der Waals surface area contributed by atoms with Crippen molar-refractivity contribution >= 4 is 0 Å². The van der Waals surface area contributed by atoms with Crippen LogP contribution in [0.4, 0.5) is 0 Å². The second-order valence-corrected chi connectivity index (χ2v) is 3.72. The standard InChI is InChI=1S/C13H9N5O/c19-10-5-2-1-4-9(10)11-16-8-17-13(18-11)12-14-6-3-7-15-12/h1-8,19H. The molecule has 1 N–H and O–H groups in total. The second kappa shape index (κ2) is 4.77. The van der Waals surface area contributed by atoms with Crippen LogP contribution in [0.25, 0.3) is 23.0 Å². The van der Waals surface area contributed by atoms with Crippen LogP contribution in [0.5, 0.6) is 5.75 Å². The maximum Gasteiger partial charge on any atom is 0.201 e. The van der Waals surface area contributed by atoms with Crippen molar-refractivity contribution in [2.24, 2.45) is 0 Å². The first-order valence-electron chi connectivity index (χ1n) is 5.59. The molecule has 3 rings (SSSR count). The fourth-order valence-electron chi connectivity index (χ4n) is 1.61. The minimum Gasteiger partial charge on any atom is -0.507 e. The van der Waals surface area contributed by atoms with Gasteiger partial charge in [0.2, 0.25) is 5.82 Å². The number of benzene rings is 1. The highest BCUT2D eigenvalue weighted by atomic mass is 16.3. The number of rotatable bonds is 2. The zero-order chi connectivity index (χ0) is 13.1. The van der Waals surface area contributed by atoms with Gasteiger partial charge in [0, 0.05) is 12.4 Å². The Morgan fingerprint density at radius 1 is 0.737 bits per heavy atom. The van der Waals surface area contributed by atoms with E-state index < -0.39 is 0 Å². The first-order chi connectivity index (χ1) is 9.34. The van der Waals surface area contributed by atoms with Crippen LogP contribution in [-0.2, 0) is 0 Å². The fourth-order valence-corrected chi connectivity index (χ4v) is 1.61. The number of aromatic hydroxyl groups is 1. The zero-order valence-electron chi connectivity index (χ0n) is 9.80. The van der Waals surface area contributed by atoms with Gasteiger partial charge in [0.05, 0.1) is 5.56 Å². The lowest BCUT2D eigenvalue weighted by molar-refractivity contribution is 0.477. The Labute approximate surface area is 108 Å². The van der Waals surface area contributed by atoms with Gasteiger partial charge in [0.15, 0.2) is 11.6 Å². The van der Waals surface area contributed by atoms with E-state index in [2.05, 4.69) is 24.9 Å². The number of hydrogen-bond acceptors (Lipinski definition) is 6. The van der Waals surface area contributed by atoms with Crippen LogP contribution in [0.2, 0.25) is 0 Å². The highest BCUT2D eigenvalue weighted by molar-refractivity contribution is 5.64. The predicted molar refractivity (Wildman–Crippen MR) is 68.0 cm³/mol. The highest BCUT2D eigenvalue weighted by Gasteiger charge is 2.10. The molecule has 0 aliphatic rings. The van der Waals surface area contributed by atoms with Gasteiger partial charge in [-0.05, 0) is 18.2 Å². The number of phenols is 1. The molecule has 0 unspecified atom stereocenters. The molecule has 2 heterocycles. The van der Waals surface area contributed by atoms with Gasteiger partial charge in [-0.3, -0.25) is 0 Å². The van der Waals surface area contributed by atoms with Crippen molar-refractivity contribution in [1.29, 1.82) is 0 Å². The number of nitrogens with zero attached hydrogens (tertiary/aromatic N) is 5. The van der Waals surface area contributed by atoms with Gasteiger partial charge in [0.25, 0.3) is 0 Å². The van der Waals surface area contributed by atoms with Crippen LogP contribution in [0.15, 0.2) is 49.1 Å². The van der Waals surface area contributed by atoms with Crippen LogP contribution >= 0.6 is 0 Å². The van der Waals surface area contributed by atoms with E-state index in [1.807, 2.05) is 0 Å². The van der Waals surface area contributed by atoms with Gasteiger partial charge in [-0.25, -0.2) is 24.9 Å². The first-order valence-corrected chi connectivity index (χ1v) is 5.59. The monoisotopic (exact) mass is 251 g/mol. The highest BCUT2D eigenvalue weighted by Crippen LogP contribution is 2.25. The summed E-state index contributed by atoms with van der Waals surface area (Å²) in [5.74, 6) is 1.29. The molecule has 0 saturated carbocycles. The summed E-state index contributed by atoms with van der Waals surface area (Å²) in [6.45, 7) is 0. The molecule has 6 nitrogen and oxygen atoms in total. The number of para-hydroxylation sites is 1. The predicted octanol–water partition coefficient (Wildman–Crippen LogP) is 1.70. The summed E-state index contributed by atoms with van der Waals surface area (Å²) >= 11 is 0. The summed E-state index contributed by atoms with van der Waals surface area (Å²) in [6.07, 6.45) is 4.61. The lowest BCUT2D eigenvalue weighted by Gasteiger charge is -2.03. The Hall–Kier alpha value is -2.89. The molecule has 0 bridgehead atoms. The van der Waals surface area contributed by atoms with Gasteiger partial charge in [-0.15, -0.1) is 0 Å². The van der Waals surface area contributed by atoms with Gasteiger partial charge in [-0.2, -0.15) is 0 Å². The first kappa shape index (κ1) is 11.2. The number of aromatic nitrogens is 5. The van der Waals surface area contributed by atoms with E-state index in [4.69, 9.17) is 0 Å². The van der Waals surface area contributed by atoms with E-state index in [0.29, 0.717) is 23.0 Å². The average molecular weight is 251 g/mol. The van der Waals surface area contributed by atoms with Crippen LogP contribution < -0.4 is 0 Å². The summed E-state index contributed by atoms with van der Waals surface area (Å²) in [5, 5.41) is 9.79. The third kappa shape index (κ3) is 2.23. The summed E-state index contributed by atoms with van der Waals surface area (Å²) in [7, 11) is 0. The fraction of sp³-hybridized carbons (Fsp3) is 0.